The van der Waals surface area contributed by atoms with Gasteiger partial charge >= 0.3 is 0 Å². The third-order valence-electron chi connectivity index (χ3n) is 8.15. The molecule has 0 bridgehead atoms. The van der Waals surface area contributed by atoms with Gasteiger partial charge in [-0.3, -0.25) is 0 Å². The Kier molecular flexibility index (Phi) is 3.54. The van der Waals surface area contributed by atoms with Crippen molar-refractivity contribution in [2.45, 2.75) is 40.0 Å². The highest BCUT2D eigenvalue weighted by Crippen LogP contribution is 2.41. The molecule has 7 aromatic carbocycles. The van der Waals surface area contributed by atoms with E-state index in [0.717, 1.165) is 6.07 Å². The van der Waals surface area contributed by atoms with Crippen LogP contribution in [0, 0.1) is 6.92 Å². The van der Waals surface area contributed by atoms with Crippen LogP contribution >= 0.6 is 0 Å². The van der Waals surface area contributed by atoms with Gasteiger partial charge < -0.3 is 4.42 Å². The number of rotatable bonds is 7. The summed E-state index contributed by atoms with van der Waals surface area (Å²) in [5, 5.41) is -1.47. The molecule has 0 aliphatic heterocycles. The summed E-state index contributed by atoms with van der Waals surface area (Å²) < 4.78 is 202. The van der Waals surface area contributed by atoms with E-state index in [9.17, 15) is 8.22 Å². The quantitative estimate of drug-likeness (QED) is 0.126. The molecule has 0 saturated heterocycles. The summed E-state index contributed by atoms with van der Waals surface area (Å²) in [7, 11) is 0. The number of hydrogen-bond acceptors (Lipinski definition) is 1. The second-order valence-corrected chi connectivity index (χ2v) is 11.0. The first-order chi connectivity index (χ1) is 32.4. The van der Waals surface area contributed by atoms with Crippen molar-refractivity contribution < 1.29 is 34.6 Å². The number of allylic oxidation sites excluding steroid dienone is 3. The molecule has 228 valence electrons. The molecule has 0 N–H and O–H groups in total. The van der Waals surface area contributed by atoms with Gasteiger partial charge in [0.2, 0.25) is 0 Å². The Morgan fingerprint density at radius 1 is 0.702 bits per heavy atom. The van der Waals surface area contributed by atoms with Gasteiger partial charge in [0.15, 0.2) is 0 Å². The fourth-order valence-corrected chi connectivity index (χ4v) is 6.02. The van der Waals surface area contributed by atoms with Gasteiger partial charge in [0.25, 0.3) is 0 Å². The molecule has 0 atom stereocenters. The van der Waals surface area contributed by atoms with Gasteiger partial charge in [-0.25, -0.2) is 0 Å². The van der Waals surface area contributed by atoms with Crippen molar-refractivity contribution in [1.29, 1.82) is 0 Å². The standard InChI is InChI=1S/C46H38O/c1-4-14-31(15-5-2)46(35-19-9-8-18-33(35)26-32-17-7-6-16-30(32)3)34-24-25-44-42(27-34)43-28-40-38-22-12-10-20-36(38)37-21-11-13-23-39(37)41(40)29-45(43)47-44/h4,6-14,16-25,27-29H,5,15,26H2,1-3H3/b14-4-,46-31-/i1D,4D,6D,7D,8D,9D,10D,11D,12D,13D,14D,16D,17D,18D,19D,20D,21D,22D,23D,25D,27D,29D. The van der Waals surface area contributed by atoms with Crippen molar-refractivity contribution >= 4 is 59.8 Å². The molecule has 1 heteroatoms. The molecule has 0 amide bonds. The smallest absolute Gasteiger partial charge is 0.136 e. The minimum Gasteiger partial charge on any atom is -0.456 e. The maximum atomic E-state index is 10.0. The second kappa shape index (κ2) is 12.1. The van der Waals surface area contributed by atoms with E-state index in [0.29, 0.717) is 0 Å². The molecular weight excluding hydrogens is 569 g/mol. The fourth-order valence-electron chi connectivity index (χ4n) is 6.02. The molecule has 8 aromatic rings. The van der Waals surface area contributed by atoms with Gasteiger partial charge in [-0.05, 0) is 122 Å². The molecule has 8 rings (SSSR count). The van der Waals surface area contributed by atoms with E-state index < -0.39 is 134 Å². The van der Waals surface area contributed by atoms with E-state index in [-0.39, 0.29) is 112 Å². The largest absolute Gasteiger partial charge is 0.456 e. The number of hydrogen-bond donors (Lipinski definition) is 0. The predicted octanol–water partition coefficient (Wildman–Crippen LogP) is 13.1. The van der Waals surface area contributed by atoms with E-state index in [4.69, 9.17) is 26.3 Å². The van der Waals surface area contributed by atoms with Crippen LogP contribution in [0.3, 0.4) is 0 Å². The van der Waals surface area contributed by atoms with Crippen LogP contribution in [0.5, 0.6) is 0 Å². The first-order valence-corrected chi connectivity index (χ1v) is 14.9. The lowest BCUT2D eigenvalue weighted by Gasteiger charge is -2.18. The summed E-state index contributed by atoms with van der Waals surface area (Å²) in [6.45, 7) is 2.48. The Balaban J connectivity index is 1.62. The molecule has 0 aliphatic rings. The molecule has 0 unspecified atom stereocenters. The van der Waals surface area contributed by atoms with E-state index >= 15 is 0 Å². The fraction of sp³-hybridized carbons (Fsp3) is 0.130. The Morgan fingerprint density at radius 3 is 2.11 bits per heavy atom. The Hall–Kier alpha value is -5.40. The molecule has 1 heterocycles. The highest BCUT2D eigenvalue weighted by Gasteiger charge is 2.18. The van der Waals surface area contributed by atoms with Gasteiger partial charge in [0.1, 0.15) is 11.2 Å². The Bertz CT molecular complexity index is 3690. The van der Waals surface area contributed by atoms with Crippen LogP contribution < -0.4 is 0 Å². The Labute approximate surface area is 307 Å². The summed E-state index contributed by atoms with van der Waals surface area (Å²) in [5.74, 6) is 0. The molecule has 0 fully saturated rings. The zero-order valence-corrected chi connectivity index (χ0v) is 25.4. The SMILES string of the molecule is [2H]C/C([2H])=C([2H])\C(CCC)=C(/c1cc([2H])c2oc3c([2H])c4c(cc3c2c1[2H])c1c([2H])c([2H])c([2H])c([2H])c1c1c([2H])c([2H])c([2H])c([2H])c41)c1c([2H])c([2H])c([2H])c([2H])c1Cc1c([2H])c([2H])c([2H])c([2H])c1C. The molecule has 0 saturated carbocycles. The van der Waals surface area contributed by atoms with E-state index in [2.05, 4.69) is 0 Å². The average Bonchev–Trinajstić information content (AvgIpc) is 3.73. The van der Waals surface area contributed by atoms with Crippen LogP contribution in [0.1, 0.15) is 84.6 Å². The van der Waals surface area contributed by atoms with Crippen molar-refractivity contribution in [1.82, 2.24) is 0 Å². The first-order valence-electron chi connectivity index (χ1n) is 26.1. The molecule has 0 aliphatic carbocycles. The van der Waals surface area contributed by atoms with Crippen molar-refractivity contribution in [3.63, 3.8) is 0 Å². The van der Waals surface area contributed by atoms with Crippen molar-refractivity contribution in [2.75, 3.05) is 0 Å². The van der Waals surface area contributed by atoms with Crippen LogP contribution in [0.25, 0.3) is 59.8 Å². The summed E-state index contributed by atoms with van der Waals surface area (Å²) in [5.41, 5.74) is -1.52. The summed E-state index contributed by atoms with van der Waals surface area (Å²) in [6, 6.07) is -9.89. The monoisotopic (exact) mass is 628 g/mol. The molecular formula is C46H38O. The zero-order chi connectivity index (χ0) is 50.9. The van der Waals surface area contributed by atoms with Crippen molar-refractivity contribution in [3.05, 3.63) is 172 Å². The summed E-state index contributed by atoms with van der Waals surface area (Å²) in [6.07, 6.45) is -0.322. The highest BCUT2D eigenvalue weighted by molar-refractivity contribution is 6.28. The third-order valence-corrected chi connectivity index (χ3v) is 8.15. The van der Waals surface area contributed by atoms with E-state index in [1.807, 2.05) is 0 Å². The van der Waals surface area contributed by atoms with Crippen LogP contribution in [0.2, 0.25) is 0 Å². The van der Waals surface area contributed by atoms with E-state index in [1.165, 1.54) is 13.0 Å². The van der Waals surface area contributed by atoms with Crippen LogP contribution in [-0.2, 0) is 6.42 Å². The van der Waals surface area contributed by atoms with Crippen LogP contribution in [0.15, 0.2) is 149 Å². The zero-order valence-electron chi connectivity index (χ0n) is 47.4. The average molecular weight is 629 g/mol. The van der Waals surface area contributed by atoms with Gasteiger partial charge in [-0.2, -0.15) is 0 Å². The first kappa shape index (κ1) is 13.8. The topological polar surface area (TPSA) is 13.1 Å². The van der Waals surface area contributed by atoms with Gasteiger partial charge in [-0.1, -0.05) is 128 Å². The van der Waals surface area contributed by atoms with Gasteiger partial charge in [0.05, 0.1) is 28.8 Å². The summed E-state index contributed by atoms with van der Waals surface area (Å²) in [4.78, 5) is 0. The van der Waals surface area contributed by atoms with Crippen molar-refractivity contribution in [3.8, 4) is 0 Å². The van der Waals surface area contributed by atoms with E-state index in [1.54, 1.807) is 6.92 Å². The second-order valence-electron chi connectivity index (χ2n) is 11.0. The lowest BCUT2D eigenvalue weighted by atomic mass is 9.85. The lowest BCUT2D eigenvalue weighted by Crippen LogP contribution is -2.01. The molecule has 1 nitrogen and oxygen atoms in total. The van der Waals surface area contributed by atoms with Gasteiger partial charge in [0, 0.05) is 12.1 Å². The molecule has 1 aromatic heterocycles. The number of fused-ring (bicyclic) bond motifs is 9. The third kappa shape index (κ3) is 5.04. The van der Waals surface area contributed by atoms with Crippen LogP contribution in [0.4, 0.5) is 0 Å². The molecule has 0 radical (unpaired) electrons. The highest BCUT2D eigenvalue weighted by atomic mass is 16.3. The molecule has 0 spiro atoms. The van der Waals surface area contributed by atoms with Crippen molar-refractivity contribution in [2.24, 2.45) is 0 Å². The maximum Gasteiger partial charge on any atom is 0.136 e. The molecule has 47 heavy (non-hydrogen) atoms. The minimum absolute atomic E-state index is 0.0151. The summed E-state index contributed by atoms with van der Waals surface area (Å²) >= 11 is 0. The van der Waals surface area contributed by atoms with Gasteiger partial charge in [-0.15, -0.1) is 0 Å². The minimum atomic E-state index is -0.750. The number of benzene rings is 7. The van der Waals surface area contributed by atoms with Crippen LogP contribution in [-0.4, -0.2) is 0 Å². The maximum absolute atomic E-state index is 10.0. The number of furan rings is 1. The predicted molar refractivity (Wildman–Crippen MR) is 202 cm³/mol. The lowest BCUT2D eigenvalue weighted by molar-refractivity contribution is 0.669. The Morgan fingerprint density at radius 2 is 1.36 bits per heavy atom. The normalized spacial score (nSPS) is 19.6.